The number of amides is 3. The SMILES string of the molecule is CCc1ccc(C(C(=O)NCC(=O)OC)N(C(=O)C(CS)NC(=O)OC(C)(C)C)C2CC2)cc1. The molecule has 0 spiro atoms. The van der Waals surface area contributed by atoms with E-state index in [0.29, 0.717) is 5.56 Å². The van der Waals surface area contributed by atoms with Gasteiger partial charge in [0, 0.05) is 11.8 Å². The maximum absolute atomic E-state index is 13.6. The van der Waals surface area contributed by atoms with E-state index in [0.717, 1.165) is 24.8 Å². The van der Waals surface area contributed by atoms with Gasteiger partial charge in [0.1, 0.15) is 24.2 Å². The van der Waals surface area contributed by atoms with E-state index in [1.54, 1.807) is 32.9 Å². The van der Waals surface area contributed by atoms with Gasteiger partial charge in [-0.15, -0.1) is 0 Å². The van der Waals surface area contributed by atoms with Gasteiger partial charge in [-0.2, -0.15) is 12.6 Å². The van der Waals surface area contributed by atoms with Crippen molar-refractivity contribution in [2.75, 3.05) is 19.4 Å². The lowest BCUT2D eigenvalue weighted by atomic mass is 10.0. The first-order valence-corrected chi connectivity index (χ1v) is 12.0. The van der Waals surface area contributed by atoms with Crippen LogP contribution in [0.2, 0.25) is 0 Å². The second kappa shape index (κ2) is 12.1. The summed E-state index contributed by atoms with van der Waals surface area (Å²) in [4.78, 5) is 52.3. The molecular formula is C24H35N3O6S. The van der Waals surface area contributed by atoms with Gasteiger partial charge in [-0.1, -0.05) is 31.2 Å². The lowest BCUT2D eigenvalue weighted by Crippen LogP contribution is -2.54. The molecule has 188 valence electrons. The second-order valence-electron chi connectivity index (χ2n) is 9.15. The highest BCUT2D eigenvalue weighted by molar-refractivity contribution is 7.80. The number of methoxy groups -OCH3 is 1. The molecule has 0 saturated heterocycles. The van der Waals surface area contributed by atoms with Crippen LogP contribution in [0.15, 0.2) is 24.3 Å². The highest BCUT2D eigenvalue weighted by Crippen LogP contribution is 2.35. The van der Waals surface area contributed by atoms with Gasteiger partial charge >= 0.3 is 12.1 Å². The first-order chi connectivity index (χ1) is 16.0. The molecule has 3 amide bonds. The largest absolute Gasteiger partial charge is 0.468 e. The zero-order valence-electron chi connectivity index (χ0n) is 20.4. The van der Waals surface area contributed by atoms with Crippen molar-refractivity contribution in [2.24, 2.45) is 0 Å². The van der Waals surface area contributed by atoms with E-state index in [1.165, 1.54) is 12.0 Å². The molecule has 0 bridgehead atoms. The molecule has 1 saturated carbocycles. The van der Waals surface area contributed by atoms with Gasteiger partial charge in [0.15, 0.2) is 0 Å². The van der Waals surface area contributed by atoms with Crippen LogP contribution in [0.3, 0.4) is 0 Å². The number of ether oxygens (including phenoxy) is 2. The Morgan fingerprint density at radius 2 is 1.76 bits per heavy atom. The summed E-state index contributed by atoms with van der Waals surface area (Å²) in [5, 5.41) is 5.14. The quantitative estimate of drug-likeness (QED) is 0.341. The molecule has 10 heteroatoms. The van der Waals surface area contributed by atoms with Gasteiger partial charge in [0.05, 0.1) is 7.11 Å². The van der Waals surface area contributed by atoms with Gasteiger partial charge < -0.3 is 25.0 Å². The van der Waals surface area contributed by atoms with E-state index < -0.39 is 41.6 Å². The molecule has 1 aromatic rings. The number of hydrogen-bond donors (Lipinski definition) is 3. The molecule has 2 atom stereocenters. The zero-order chi connectivity index (χ0) is 25.5. The Bertz CT molecular complexity index is 880. The van der Waals surface area contributed by atoms with Crippen LogP contribution in [0.4, 0.5) is 4.79 Å². The zero-order valence-corrected chi connectivity index (χ0v) is 21.3. The van der Waals surface area contributed by atoms with Crippen LogP contribution >= 0.6 is 12.6 Å². The minimum absolute atomic E-state index is 0.0204. The lowest BCUT2D eigenvalue weighted by molar-refractivity contribution is -0.145. The molecule has 34 heavy (non-hydrogen) atoms. The van der Waals surface area contributed by atoms with Crippen LogP contribution in [0.25, 0.3) is 0 Å². The number of hydrogen-bond acceptors (Lipinski definition) is 7. The maximum atomic E-state index is 13.6. The second-order valence-corrected chi connectivity index (χ2v) is 9.51. The average Bonchev–Trinajstić information content (AvgIpc) is 3.62. The topological polar surface area (TPSA) is 114 Å². The van der Waals surface area contributed by atoms with Crippen molar-refractivity contribution < 1.29 is 28.7 Å². The minimum atomic E-state index is -0.996. The van der Waals surface area contributed by atoms with Gasteiger partial charge in [-0.05, 0) is 51.2 Å². The Hall–Kier alpha value is -2.75. The molecule has 2 N–H and O–H groups in total. The Kier molecular flexibility index (Phi) is 9.78. The molecule has 1 aliphatic carbocycles. The van der Waals surface area contributed by atoms with Crippen molar-refractivity contribution in [1.82, 2.24) is 15.5 Å². The summed E-state index contributed by atoms with van der Waals surface area (Å²) in [5.41, 5.74) is 0.957. The number of thiol groups is 1. The standard InChI is InChI=1S/C24H35N3O6S/c1-6-15-7-9-16(10-8-15)20(21(29)25-13-19(28)32-5)27(17-11-12-17)22(30)18(14-34)26-23(31)33-24(2,3)4/h7-10,17-18,20,34H,6,11-14H2,1-5H3,(H,25,29)(H,26,31). The third-order valence-corrected chi connectivity index (χ3v) is 5.60. The first-order valence-electron chi connectivity index (χ1n) is 11.4. The van der Waals surface area contributed by atoms with Crippen LogP contribution < -0.4 is 10.6 Å². The minimum Gasteiger partial charge on any atom is -0.468 e. The Balaban J connectivity index is 2.36. The summed E-state index contributed by atoms with van der Waals surface area (Å²) in [6, 6.07) is 5.26. The average molecular weight is 494 g/mol. The molecule has 1 aromatic carbocycles. The van der Waals surface area contributed by atoms with Crippen LogP contribution in [-0.4, -0.2) is 65.9 Å². The molecule has 2 rings (SSSR count). The molecule has 0 aromatic heterocycles. The van der Waals surface area contributed by atoms with Crippen LogP contribution in [0.1, 0.15) is 57.7 Å². The fraction of sp³-hybridized carbons (Fsp3) is 0.583. The van der Waals surface area contributed by atoms with Crippen molar-refractivity contribution in [3.8, 4) is 0 Å². The van der Waals surface area contributed by atoms with Gasteiger partial charge in [-0.3, -0.25) is 14.4 Å². The van der Waals surface area contributed by atoms with Crippen molar-refractivity contribution in [3.63, 3.8) is 0 Å². The summed E-state index contributed by atoms with van der Waals surface area (Å²) < 4.78 is 9.90. The van der Waals surface area contributed by atoms with Crippen molar-refractivity contribution in [3.05, 3.63) is 35.4 Å². The molecule has 1 aliphatic rings. The summed E-state index contributed by atoms with van der Waals surface area (Å²) in [5.74, 6) is -1.53. The lowest BCUT2D eigenvalue weighted by Gasteiger charge is -2.34. The van der Waals surface area contributed by atoms with Gasteiger partial charge in [-0.25, -0.2) is 4.79 Å². The normalized spacial score (nSPS) is 15.0. The molecule has 2 unspecified atom stereocenters. The van der Waals surface area contributed by atoms with Crippen molar-refractivity contribution in [2.45, 2.75) is 70.7 Å². The molecule has 9 nitrogen and oxygen atoms in total. The number of carbonyl (C=O) groups excluding carboxylic acids is 4. The molecule has 0 radical (unpaired) electrons. The molecular weight excluding hydrogens is 458 g/mol. The van der Waals surface area contributed by atoms with E-state index in [9.17, 15) is 19.2 Å². The van der Waals surface area contributed by atoms with Crippen molar-refractivity contribution >= 4 is 36.5 Å². The van der Waals surface area contributed by atoms with E-state index in [1.807, 2.05) is 19.1 Å². The summed E-state index contributed by atoms with van der Waals surface area (Å²) in [6.07, 6.45) is 1.54. The number of benzene rings is 1. The van der Waals surface area contributed by atoms with E-state index >= 15 is 0 Å². The van der Waals surface area contributed by atoms with Gasteiger partial charge in [0.25, 0.3) is 0 Å². The Morgan fingerprint density at radius 1 is 1.15 bits per heavy atom. The summed E-state index contributed by atoms with van der Waals surface area (Å²) in [6.45, 7) is 6.87. The fourth-order valence-electron chi connectivity index (χ4n) is 3.39. The highest BCUT2D eigenvalue weighted by Gasteiger charge is 2.43. The van der Waals surface area contributed by atoms with Crippen LogP contribution in [0, 0.1) is 0 Å². The van der Waals surface area contributed by atoms with Crippen molar-refractivity contribution in [1.29, 1.82) is 0 Å². The summed E-state index contributed by atoms with van der Waals surface area (Å²) >= 11 is 4.26. The monoisotopic (exact) mass is 493 g/mol. The predicted molar refractivity (Wildman–Crippen MR) is 130 cm³/mol. The highest BCUT2D eigenvalue weighted by atomic mass is 32.1. The van der Waals surface area contributed by atoms with E-state index in [2.05, 4.69) is 28.0 Å². The number of aryl methyl sites for hydroxylation is 1. The number of carbonyl (C=O) groups is 4. The Morgan fingerprint density at radius 3 is 2.24 bits per heavy atom. The smallest absolute Gasteiger partial charge is 0.408 e. The molecule has 0 aliphatic heterocycles. The number of nitrogens with one attached hydrogen (secondary N) is 2. The van der Waals surface area contributed by atoms with Crippen LogP contribution in [0.5, 0.6) is 0 Å². The number of nitrogens with zero attached hydrogens (tertiary/aromatic N) is 1. The maximum Gasteiger partial charge on any atom is 0.408 e. The van der Waals surface area contributed by atoms with Gasteiger partial charge in [0.2, 0.25) is 11.8 Å². The predicted octanol–water partition coefficient (Wildman–Crippen LogP) is 2.39. The van der Waals surface area contributed by atoms with E-state index in [-0.39, 0.29) is 18.3 Å². The third kappa shape index (κ3) is 7.93. The summed E-state index contributed by atoms with van der Waals surface area (Å²) in [7, 11) is 1.23. The van der Waals surface area contributed by atoms with Crippen LogP contribution in [-0.2, 0) is 30.3 Å². The first kappa shape index (κ1) is 27.5. The number of esters is 1. The number of rotatable bonds is 10. The fourth-order valence-corrected chi connectivity index (χ4v) is 3.64. The molecule has 1 fully saturated rings. The molecule has 0 heterocycles. The Labute approximate surface area is 206 Å². The number of alkyl carbamates (subject to hydrolysis) is 1. The third-order valence-electron chi connectivity index (χ3n) is 5.23. The van der Waals surface area contributed by atoms with E-state index in [4.69, 9.17) is 4.74 Å².